The van der Waals surface area contributed by atoms with Gasteiger partial charge in [-0.15, -0.1) is 0 Å². The first-order valence-corrected chi connectivity index (χ1v) is 6.79. The van der Waals surface area contributed by atoms with Gasteiger partial charge in [-0.3, -0.25) is 4.79 Å². The van der Waals surface area contributed by atoms with Crippen molar-refractivity contribution in [2.45, 2.75) is 51.4 Å². The number of fused-ring (bicyclic) bond motifs is 1. The summed E-state index contributed by atoms with van der Waals surface area (Å²) < 4.78 is 11.4. The molecule has 0 saturated heterocycles. The van der Waals surface area contributed by atoms with Gasteiger partial charge in [0, 0.05) is 18.1 Å². The summed E-state index contributed by atoms with van der Waals surface area (Å²) in [5, 5.41) is 10.1. The van der Waals surface area contributed by atoms with Gasteiger partial charge in [0.1, 0.15) is 17.1 Å². The molecule has 0 aliphatic carbocycles. The van der Waals surface area contributed by atoms with Gasteiger partial charge in [0.25, 0.3) is 5.91 Å². The molecule has 2 atom stereocenters. The number of primary amides is 1. The molecule has 2 rings (SSSR count). The van der Waals surface area contributed by atoms with Gasteiger partial charge in [-0.2, -0.15) is 0 Å². The quantitative estimate of drug-likeness (QED) is 0.882. The number of hydrogen-bond acceptors (Lipinski definition) is 4. The van der Waals surface area contributed by atoms with E-state index >= 15 is 0 Å². The van der Waals surface area contributed by atoms with Crippen molar-refractivity contribution in [2.24, 2.45) is 5.73 Å². The topological polar surface area (TPSA) is 81.8 Å². The van der Waals surface area contributed by atoms with Crippen molar-refractivity contribution in [2.75, 3.05) is 0 Å². The first-order chi connectivity index (χ1) is 9.32. The van der Waals surface area contributed by atoms with Gasteiger partial charge in [0.05, 0.1) is 6.10 Å². The Bertz CT molecular complexity index is 513. The molecule has 0 aromatic heterocycles. The van der Waals surface area contributed by atoms with Crippen LogP contribution in [0, 0.1) is 0 Å². The van der Waals surface area contributed by atoms with Crippen molar-refractivity contribution in [1.29, 1.82) is 0 Å². The number of nitrogens with two attached hydrogens (primary N) is 1. The molecule has 1 aromatic rings. The van der Waals surface area contributed by atoms with Crippen molar-refractivity contribution in [3.05, 3.63) is 23.8 Å². The van der Waals surface area contributed by atoms with Crippen LogP contribution in [0.3, 0.4) is 0 Å². The largest absolute Gasteiger partial charge is 0.487 e. The summed E-state index contributed by atoms with van der Waals surface area (Å²) in [4.78, 5) is 11.2. The van der Waals surface area contributed by atoms with Crippen molar-refractivity contribution < 1.29 is 19.4 Å². The molecule has 0 fully saturated rings. The lowest BCUT2D eigenvalue weighted by atomic mass is 9.92. The fraction of sp³-hybridized carbons (Fsp3) is 0.533. The Hall–Kier alpha value is -1.75. The molecular formula is C15H21NO4. The highest BCUT2D eigenvalue weighted by Crippen LogP contribution is 2.41. The Balaban J connectivity index is 2.25. The van der Waals surface area contributed by atoms with E-state index < -0.39 is 23.7 Å². The standard InChI is InChI=1S/C15H21NO4/c1-4-12(14(16)18)19-9-5-6-10-11(17)8-15(2,3)20-13(10)7-9/h5-7,11-12,17H,4,8H2,1-3H3,(H2,16,18). The van der Waals surface area contributed by atoms with Crippen molar-refractivity contribution in [3.63, 3.8) is 0 Å². The van der Waals surface area contributed by atoms with Crippen LogP contribution in [0.1, 0.15) is 45.3 Å². The van der Waals surface area contributed by atoms with Crippen LogP contribution < -0.4 is 15.2 Å². The Morgan fingerprint density at radius 2 is 2.30 bits per heavy atom. The van der Waals surface area contributed by atoms with Gasteiger partial charge < -0.3 is 20.3 Å². The number of carbonyl (C=O) groups is 1. The highest BCUT2D eigenvalue weighted by molar-refractivity contribution is 5.79. The third-order valence-corrected chi connectivity index (χ3v) is 3.38. The smallest absolute Gasteiger partial charge is 0.258 e. The fourth-order valence-corrected chi connectivity index (χ4v) is 2.37. The first kappa shape index (κ1) is 14.7. The van der Waals surface area contributed by atoms with E-state index in [-0.39, 0.29) is 0 Å². The molecule has 5 heteroatoms. The van der Waals surface area contributed by atoms with E-state index in [1.54, 1.807) is 18.2 Å². The molecule has 1 aliphatic rings. The zero-order chi connectivity index (χ0) is 14.9. The van der Waals surface area contributed by atoms with Gasteiger partial charge in [-0.05, 0) is 32.4 Å². The van der Waals surface area contributed by atoms with E-state index in [1.807, 2.05) is 20.8 Å². The fourth-order valence-electron chi connectivity index (χ4n) is 2.37. The van der Waals surface area contributed by atoms with E-state index in [0.717, 1.165) is 5.56 Å². The summed E-state index contributed by atoms with van der Waals surface area (Å²) in [6, 6.07) is 5.18. The van der Waals surface area contributed by atoms with Crippen molar-refractivity contribution in [1.82, 2.24) is 0 Å². The summed E-state index contributed by atoms with van der Waals surface area (Å²) in [5.74, 6) is 0.608. The minimum Gasteiger partial charge on any atom is -0.487 e. The summed E-state index contributed by atoms with van der Waals surface area (Å²) in [6.45, 7) is 5.67. The number of benzene rings is 1. The van der Waals surface area contributed by atoms with Crippen LogP contribution in [0.2, 0.25) is 0 Å². The van der Waals surface area contributed by atoms with Gasteiger partial charge >= 0.3 is 0 Å². The summed E-state index contributed by atoms with van der Waals surface area (Å²) in [6.07, 6.45) is -0.170. The zero-order valence-electron chi connectivity index (χ0n) is 12.1. The number of amides is 1. The molecule has 0 spiro atoms. The molecule has 1 heterocycles. The van der Waals surface area contributed by atoms with Gasteiger partial charge in [-0.1, -0.05) is 6.92 Å². The molecule has 1 aromatic carbocycles. The number of hydrogen-bond donors (Lipinski definition) is 2. The second kappa shape index (κ2) is 5.32. The van der Waals surface area contributed by atoms with Crippen molar-refractivity contribution >= 4 is 5.91 Å². The molecule has 3 N–H and O–H groups in total. The minimum absolute atomic E-state index is 0.432. The number of rotatable bonds is 4. The first-order valence-electron chi connectivity index (χ1n) is 6.79. The van der Waals surface area contributed by atoms with Crippen LogP contribution >= 0.6 is 0 Å². The number of ether oxygens (including phenoxy) is 2. The van der Waals surface area contributed by atoms with E-state index in [4.69, 9.17) is 15.2 Å². The normalized spacial score (nSPS) is 21.5. The van der Waals surface area contributed by atoms with E-state index in [0.29, 0.717) is 24.3 Å². The van der Waals surface area contributed by atoms with Crippen LogP contribution in [0.15, 0.2) is 18.2 Å². The molecular weight excluding hydrogens is 258 g/mol. The predicted molar refractivity (Wildman–Crippen MR) is 74.6 cm³/mol. The summed E-state index contributed by atoms with van der Waals surface area (Å²) in [5.41, 5.74) is 5.57. The molecule has 1 amide bonds. The average molecular weight is 279 g/mol. The zero-order valence-corrected chi connectivity index (χ0v) is 12.1. The number of aliphatic hydroxyl groups is 1. The lowest BCUT2D eigenvalue weighted by molar-refractivity contribution is -0.124. The highest BCUT2D eigenvalue weighted by Gasteiger charge is 2.33. The second-order valence-electron chi connectivity index (χ2n) is 5.70. The number of carbonyl (C=O) groups excluding carboxylic acids is 1. The minimum atomic E-state index is -0.658. The maximum absolute atomic E-state index is 11.2. The molecule has 2 unspecified atom stereocenters. The molecule has 110 valence electrons. The molecule has 0 saturated carbocycles. The van der Waals surface area contributed by atoms with Crippen LogP contribution in [0.4, 0.5) is 0 Å². The van der Waals surface area contributed by atoms with Crippen LogP contribution in [0.5, 0.6) is 11.5 Å². The molecule has 5 nitrogen and oxygen atoms in total. The van der Waals surface area contributed by atoms with Crippen LogP contribution in [-0.2, 0) is 4.79 Å². The lowest BCUT2D eigenvalue weighted by Gasteiger charge is -2.35. The van der Waals surface area contributed by atoms with E-state index in [2.05, 4.69) is 0 Å². The SMILES string of the molecule is CCC(Oc1ccc2c(c1)OC(C)(C)CC2O)C(N)=O. The second-order valence-corrected chi connectivity index (χ2v) is 5.70. The van der Waals surface area contributed by atoms with Crippen LogP contribution in [0.25, 0.3) is 0 Å². The maximum atomic E-state index is 11.2. The lowest BCUT2D eigenvalue weighted by Crippen LogP contribution is -2.35. The van der Waals surface area contributed by atoms with Crippen LogP contribution in [-0.4, -0.2) is 22.7 Å². The average Bonchev–Trinajstić information content (AvgIpc) is 2.33. The van der Waals surface area contributed by atoms with E-state index in [1.165, 1.54) is 0 Å². The van der Waals surface area contributed by atoms with Gasteiger partial charge in [-0.25, -0.2) is 0 Å². The third-order valence-electron chi connectivity index (χ3n) is 3.38. The monoisotopic (exact) mass is 279 g/mol. The van der Waals surface area contributed by atoms with Gasteiger partial charge in [0.15, 0.2) is 6.10 Å². The van der Waals surface area contributed by atoms with E-state index in [9.17, 15) is 9.90 Å². The Kier molecular flexibility index (Phi) is 3.90. The molecule has 0 radical (unpaired) electrons. The summed E-state index contributed by atoms with van der Waals surface area (Å²) in [7, 11) is 0. The molecule has 20 heavy (non-hydrogen) atoms. The number of aliphatic hydroxyl groups excluding tert-OH is 1. The Morgan fingerprint density at radius 3 is 2.90 bits per heavy atom. The Labute approximate surface area is 118 Å². The van der Waals surface area contributed by atoms with Gasteiger partial charge in [0.2, 0.25) is 0 Å². The summed E-state index contributed by atoms with van der Waals surface area (Å²) >= 11 is 0. The predicted octanol–water partition coefficient (Wildman–Crippen LogP) is 1.92. The third kappa shape index (κ3) is 3.04. The maximum Gasteiger partial charge on any atom is 0.258 e. The molecule has 0 bridgehead atoms. The molecule has 1 aliphatic heterocycles. The highest BCUT2D eigenvalue weighted by atomic mass is 16.5. The Morgan fingerprint density at radius 1 is 1.60 bits per heavy atom. The van der Waals surface area contributed by atoms with Crippen molar-refractivity contribution in [3.8, 4) is 11.5 Å².